The summed E-state index contributed by atoms with van der Waals surface area (Å²) in [6.45, 7) is 0.237. The zero-order chi connectivity index (χ0) is 11.9. The van der Waals surface area contributed by atoms with E-state index in [1.807, 2.05) is 0 Å². The van der Waals surface area contributed by atoms with Gasteiger partial charge in [-0.3, -0.25) is 14.5 Å². The van der Waals surface area contributed by atoms with Crippen molar-refractivity contribution in [2.75, 3.05) is 11.5 Å². The van der Waals surface area contributed by atoms with E-state index in [1.165, 1.54) is 11.2 Å². The number of hydrogen-bond acceptors (Lipinski definition) is 5. The largest absolute Gasteiger partial charge is 0.364 e. The first-order valence-corrected chi connectivity index (χ1v) is 6.69. The molecule has 3 rings (SSSR count). The van der Waals surface area contributed by atoms with Crippen LogP contribution in [0.3, 0.4) is 0 Å². The van der Waals surface area contributed by atoms with Gasteiger partial charge in [0.25, 0.3) is 0 Å². The average molecular weight is 252 g/mol. The minimum atomic E-state index is -0.425. The van der Waals surface area contributed by atoms with Gasteiger partial charge in [-0.05, 0) is 12.2 Å². The molecule has 90 valence electrons. The maximum atomic E-state index is 12.3. The van der Waals surface area contributed by atoms with Crippen LogP contribution in [0.5, 0.6) is 0 Å². The molecule has 0 saturated carbocycles. The Morgan fingerprint density at radius 3 is 3.06 bits per heavy atom. The maximum absolute atomic E-state index is 12.3. The number of hydrogen-bond donors (Lipinski definition) is 0. The fourth-order valence-electron chi connectivity index (χ4n) is 2.42. The predicted octanol–water partition coefficient (Wildman–Crippen LogP) is 1.06. The minimum absolute atomic E-state index is 0.0319. The summed E-state index contributed by atoms with van der Waals surface area (Å²) < 4.78 is 4.71. The van der Waals surface area contributed by atoms with Crippen molar-refractivity contribution in [3.05, 3.63) is 18.0 Å². The summed E-state index contributed by atoms with van der Waals surface area (Å²) in [5.41, 5.74) is 0.195. The molecule has 2 amide bonds. The van der Waals surface area contributed by atoms with Crippen LogP contribution in [0.2, 0.25) is 0 Å². The number of imide groups is 1. The number of thioether (sulfide) groups is 1. The molecule has 17 heavy (non-hydrogen) atoms. The lowest BCUT2D eigenvalue weighted by molar-refractivity contribution is -0.141. The molecule has 0 radical (unpaired) electrons. The second-order valence-corrected chi connectivity index (χ2v) is 5.64. The molecule has 6 heteroatoms. The highest BCUT2D eigenvalue weighted by atomic mass is 32.2. The quantitative estimate of drug-likeness (QED) is 0.736. The van der Waals surface area contributed by atoms with Crippen LogP contribution in [0, 0.1) is 5.41 Å². The molecule has 0 aliphatic carbocycles. The van der Waals surface area contributed by atoms with Gasteiger partial charge in [-0.2, -0.15) is 11.8 Å². The predicted molar refractivity (Wildman–Crippen MR) is 61.1 cm³/mol. The maximum Gasteiger partial charge on any atom is 0.237 e. The fourth-order valence-corrected chi connectivity index (χ4v) is 3.86. The van der Waals surface area contributed by atoms with E-state index in [4.69, 9.17) is 4.52 Å². The lowest BCUT2D eigenvalue weighted by Gasteiger charge is -2.19. The van der Waals surface area contributed by atoms with Gasteiger partial charge in [0.2, 0.25) is 11.8 Å². The van der Waals surface area contributed by atoms with Crippen molar-refractivity contribution in [2.45, 2.75) is 19.4 Å². The van der Waals surface area contributed by atoms with Gasteiger partial charge in [-0.15, -0.1) is 0 Å². The highest BCUT2D eigenvalue weighted by Gasteiger charge is 2.53. The zero-order valence-corrected chi connectivity index (χ0v) is 10.0. The Morgan fingerprint density at radius 1 is 1.53 bits per heavy atom. The first-order chi connectivity index (χ1) is 8.21. The lowest BCUT2D eigenvalue weighted by atomic mass is 9.86. The molecule has 0 bridgehead atoms. The van der Waals surface area contributed by atoms with Gasteiger partial charge in [0, 0.05) is 18.2 Å². The number of carbonyl (C=O) groups excluding carboxylic acids is 2. The van der Waals surface area contributed by atoms with Gasteiger partial charge in [0.05, 0.1) is 12.0 Å². The monoisotopic (exact) mass is 252 g/mol. The Labute approximate surface area is 103 Å². The van der Waals surface area contributed by atoms with E-state index in [0.717, 1.165) is 17.9 Å². The van der Waals surface area contributed by atoms with E-state index in [-0.39, 0.29) is 18.4 Å². The van der Waals surface area contributed by atoms with E-state index in [9.17, 15) is 9.59 Å². The van der Waals surface area contributed by atoms with Gasteiger partial charge in [-0.1, -0.05) is 5.16 Å². The SMILES string of the molecule is O=C1CC2(CCSC2)C(=O)N1Cc1ccon1. The number of carbonyl (C=O) groups is 2. The van der Waals surface area contributed by atoms with Gasteiger partial charge in [0.1, 0.15) is 12.0 Å². The van der Waals surface area contributed by atoms with Crippen LogP contribution in [-0.2, 0) is 16.1 Å². The normalized spacial score (nSPS) is 28.6. The molecule has 0 N–H and O–H groups in total. The van der Waals surface area contributed by atoms with Crippen molar-refractivity contribution >= 4 is 23.6 Å². The van der Waals surface area contributed by atoms with Crippen molar-refractivity contribution in [3.8, 4) is 0 Å². The number of likely N-dealkylation sites (tertiary alicyclic amines) is 1. The second-order valence-electron chi connectivity index (χ2n) is 4.54. The van der Waals surface area contributed by atoms with Crippen molar-refractivity contribution < 1.29 is 14.1 Å². The molecule has 0 aromatic carbocycles. The van der Waals surface area contributed by atoms with E-state index < -0.39 is 5.41 Å². The second kappa shape index (κ2) is 3.87. The Bertz CT molecular complexity index is 451. The molecule has 3 heterocycles. The molecule has 1 spiro atoms. The molecule has 1 unspecified atom stereocenters. The third kappa shape index (κ3) is 1.67. The molecular formula is C11H12N2O3S. The van der Waals surface area contributed by atoms with Gasteiger partial charge in [0.15, 0.2) is 0 Å². The summed E-state index contributed by atoms with van der Waals surface area (Å²) in [4.78, 5) is 25.5. The van der Waals surface area contributed by atoms with Gasteiger partial charge < -0.3 is 4.52 Å². The molecule has 2 saturated heterocycles. The van der Waals surface area contributed by atoms with Crippen molar-refractivity contribution in [1.29, 1.82) is 0 Å². The Kier molecular flexibility index (Phi) is 2.47. The van der Waals surface area contributed by atoms with Crippen LogP contribution >= 0.6 is 11.8 Å². The van der Waals surface area contributed by atoms with E-state index >= 15 is 0 Å². The van der Waals surface area contributed by atoms with Gasteiger partial charge in [-0.25, -0.2) is 0 Å². The average Bonchev–Trinajstić information content (AvgIpc) is 2.99. The molecule has 1 aromatic heterocycles. The minimum Gasteiger partial charge on any atom is -0.364 e. The molecule has 5 nitrogen and oxygen atoms in total. The standard InChI is InChI=1S/C11H12N2O3S/c14-9-5-11(2-4-17-7-11)10(15)13(9)6-8-1-3-16-12-8/h1,3H,2,4-7H2. The summed E-state index contributed by atoms with van der Waals surface area (Å²) in [6.07, 6.45) is 2.62. The first-order valence-electron chi connectivity index (χ1n) is 5.53. The number of nitrogens with zero attached hydrogens (tertiary/aromatic N) is 2. The van der Waals surface area contributed by atoms with Crippen molar-refractivity contribution in [3.63, 3.8) is 0 Å². The lowest BCUT2D eigenvalue weighted by Crippen LogP contribution is -2.35. The molecule has 1 aromatic rings. The molecule has 2 fully saturated rings. The molecule has 1 atom stereocenters. The molecule has 2 aliphatic heterocycles. The van der Waals surface area contributed by atoms with Crippen LogP contribution in [0.4, 0.5) is 0 Å². The van der Waals surface area contributed by atoms with Gasteiger partial charge >= 0.3 is 0 Å². The topological polar surface area (TPSA) is 63.4 Å². The summed E-state index contributed by atoms with van der Waals surface area (Å²) in [7, 11) is 0. The third-order valence-electron chi connectivity index (χ3n) is 3.40. The molecule has 2 aliphatic rings. The van der Waals surface area contributed by atoms with Crippen LogP contribution in [0.15, 0.2) is 16.9 Å². The summed E-state index contributed by atoms with van der Waals surface area (Å²) in [5.74, 6) is 1.62. The number of aromatic nitrogens is 1. The van der Waals surface area contributed by atoms with Crippen LogP contribution in [-0.4, -0.2) is 33.4 Å². The Morgan fingerprint density at radius 2 is 2.41 bits per heavy atom. The Hall–Kier alpha value is -1.30. The summed E-state index contributed by atoms with van der Waals surface area (Å²) >= 11 is 1.75. The third-order valence-corrected chi connectivity index (χ3v) is 4.65. The summed E-state index contributed by atoms with van der Waals surface area (Å²) in [5, 5.41) is 3.74. The van der Waals surface area contributed by atoms with E-state index in [2.05, 4.69) is 5.16 Å². The zero-order valence-electron chi connectivity index (χ0n) is 9.22. The summed E-state index contributed by atoms with van der Waals surface area (Å²) in [6, 6.07) is 1.68. The smallest absolute Gasteiger partial charge is 0.237 e. The van der Waals surface area contributed by atoms with Crippen LogP contribution in [0.1, 0.15) is 18.5 Å². The first kappa shape index (κ1) is 10.8. The van der Waals surface area contributed by atoms with Crippen molar-refractivity contribution in [1.82, 2.24) is 10.1 Å². The fraction of sp³-hybridized carbons (Fsp3) is 0.545. The van der Waals surface area contributed by atoms with Crippen LogP contribution in [0.25, 0.3) is 0 Å². The highest BCUT2D eigenvalue weighted by molar-refractivity contribution is 7.99. The molecular weight excluding hydrogens is 240 g/mol. The van der Waals surface area contributed by atoms with Crippen molar-refractivity contribution in [2.24, 2.45) is 5.41 Å². The number of amides is 2. The van der Waals surface area contributed by atoms with E-state index in [0.29, 0.717) is 12.1 Å². The van der Waals surface area contributed by atoms with E-state index in [1.54, 1.807) is 17.8 Å². The highest BCUT2D eigenvalue weighted by Crippen LogP contribution is 2.45. The number of rotatable bonds is 2. The Balaban J connectivity index is 1.82. The van der Waals surface area contributed by atoms with Crippen LogP contribution < -0.4 is 0 Å².